The number of hydrogen-bond acceptors (Lipinski definition) is 4. The van der Waals surface area contributed by atoms with Gasteiger partial charge in [0, 0.05) is 18.8 Å². The molecule has 0 radical (unpaired) electrons. The SMILES string of the molecule is CC(Nc1cccc(COCCc2ccccc2)c1)C(=O)N1CCNC1=O. The second kappa shape index (κ2) is 9.19. The van der Waals surface area contributed by atoms with Crippen molar-refractivity contribution >= 4 is 17.6 Å². The summed E-state index contributed by atoms with van der Waals surface area (Å²) in [7, 11) is 0. The lowest BCUT2D eigenvalue weighted by Crippen LogP contribution is -2.43. The average molecular weight is 367 g/mol. The van der Waals surface area contributed by atoms with E-state index in [4.69, 9.17) is 4.74 Å². The summed E-state index contributed by atoms with van der Waals surface area (Å²) >= 11 is 0. The molecular formula is C21H25N3O3. The molecule has 1 atom stereocenters. The van der Waals surface area contributed by atoms with Gasteiger partial charge in [0.2, 0.25) is 0 Å². The predicted octanol–water partition coefficient (Wildman–Crippen LogP) is 2.80. The van der Waals surface area contributed by atoms with Crippen molar-refractivity contribution in [1.29, 1.82) is 0 Å². The van der Waals surface area contributed by atoms with Gasteiger partial charge in [0.05, 0.1) is 13.2 Å². The molecular weight excluding hydrogens is 342 g/mol. The zero-order chi connectivity index (χ0) is 19.1. The lowest BCUT2D eigenvalue weighted by atomic mass is 10.1. The molecule has 2 aromatic carbocycles. The van der Waals surface area contributed by atoms with Gasteiger partial charge in [0.15, 0.2) is 0 Å². The predicted molar refractivity (Wildman–Crippen MR) is 104 cm³/mol. The number of carbonyl (C=O) groups is 2. The zero-order valence-corrected chi connectivity index (χ0v) is 15.5. The Balaban J connectivity index is 1.48. The van der Waals surface area contributed by atoms with E-state index in [1.54, 1.807) is 6.92 Å². The smallest absolute Gasteiger partial charge is 0.324 e. The van der Waals surface area contributed by atoms with Crippen molar-refractivity contribution in [3.8, 4) is 0 Å². The summed E-state index contributed by atoms with van der Waals surface area (Å²) in [5.74, 6) is -0.227. The van der Waals surface area contributed by atoms with E-state index in [1.807, 2.05) is 42.5 Å². The molecule has 1 unspecified atom stereocenters. The minimum absolute atomic E-state index is 0.227. The van der Waals surface area contributed by atoms with Gasteiger partial charge in [-0.3, -0.25) is 9.69 Å². The van der Waals surface area contributed by atoms with Crippen molar-refractivity contribution in [2.45, 2.75) is 26.0 Å². The van der Waals surface area contributed by atoms with Crippen molar-refractivity contribution in [1.82, 2.24) is 10.2 Å². The van der Waals surface area contributed by atoms with E-state index in [1.165, 1.54) is 10.5 Å². The van der Waals surface area contributed by atoms with E-state index in [0.717, 1.165) is 17.7 Å². The molecule has 1 aliphatic rings. The van der Waals surface area contributed by atoms with Crippen LogP contribution in [0, 0.1) is 0 Å². The van der Waals surface area contributed by atoms with Crippen LogP contribution in [0.4, 0.5) is 10.5 Å². The Bertz CT molecular complexity index is 779. The Labute approximate surface area is 159 Å². The fraction of sp³-hybridized carbons (Fsp3) is 0.333. The highest BCUT2D eigenvalue weighted by Gasteiger charge is 2.29. The number of amides is 3. The van der Waals surface area contributed by atoms with Gasteiger partial charge in [-0.15, -0.1) is 0 Å². The highest BCUT2D eigenvalue weighted by Crippen LogP contribution is 2.14. The summed E-state index contributed by atoms with van der Waals surface area (Å²) in [4.78, 5) is 25.2. The summed E-state index contributed by atoms with van der Waals surface area (Å²) in [6.07, 6.45) is 0.877. The van der Waals surface area contributed by atoms with Crippen LogP contribution in [0.5, 0.6) is 0 Å². The number of nitrogens with one attached hydrogen (secondary N) is 2. The van der Waals surface area contributed by atoms with Gasteiger partial charge in [-0.1, -0.05) is 42.5 Å². The van der Waals surface area contributed by atoms with Crippen LogP contribution in [-0.4, -0.2) is 42.6 Å². The van der Waals surface area contributed by atoms with Crippen molar-refractivity contribution in [3.05, 3.63) is 65.7 Å². The fourth-order valence-corrected chi connectivity index (χ4v) is 3.00. The molecule has 1 fully saturated rings. The number of rotatable bonds is 8. The third kappa shape index (κ3) is 5.31. The molecule has 1 heterocycles. The highest BCUT2D eigenvalue weighted by atomic mass is 16.5. The average Bonchev–Trinajstić information content (AvgIpc) is 3.11. The maximum absolute atomic E-state index is 12.4. The van der Waals surface area contributed by atoms with Gasteiger partial charge in [-0.2, -0.15) is 0 Å². The molecule has 142 valence electrons. The van der Waals surface area contributed by atoms with Gasteiger partial charge in [-0.25, -0.2) is 4.79 Å². The number of benzene rings is 2. The van der Waals surface area contributed by atoms with Crippen LogP contribution >= 0.6 is 0 Å². The second-order valence-corrected chi connectivity index (χ2v) is 6.58. The molecule has 0 aromatic heterocycles. The highest BCUT2D eigenvalue weighted by molar-refractivity contribution is 5.99. The van der Waals surface area contributed by atoms with Crippen molar-refractivity contribution < 1.29 is 14.3 Å². The lowest BCUT2D eigenvalue weighted by Gasteiger charge is -2.20. The standard InChI is InChI=1S/C21H25N3O3/c1-16(20(25)24-12-11-22-21(24)26)23-19-9-5-8-18(14-19)15-27-13-10-17-6-3-2-4-7-17/h2-9,14,16,23H,10-13,15H2,1H3,(H,22,26). The molecule has 0 aliphatic carbocycles. The second-order valence-electron chi connectivity index (χ2n) is 6.58. The van der Waals surface area contributed by atoms with Crippen LogP contribution in [-0.2, 0) is 22.6 Å². The van der Waals surface area contributed by atoms with Crippen molar-refractivity contribution in [2.75, 3.05) is 25.0 Å². The molecule has 2 N–H and O–H groups in total. The Morgan fingerprint density at radius 1 is 1.19 bits per heavy atom. The Kier molecular flexibility index (Phi) is 6.44. The van der Waals surface area contributed by atoms with Gasteiger partial charge >= 0.3 is 6.03 Å². The number of urea groups is 1. The molecule has 3 rings (SSSR count). The maximum Gasteiger partial charge on any atom is 0.324 e. The normalized spacial score (nSPS) is 14.7. The molecule has 2 aromatic rings. The Morgan fingerprint density at radius 2 is 1.96 bits per heavy atom. The van der Waals surface area contributed by atoms with Crippen LogP contribution in [0.15, 0.2) is 54.6 Å². The maximum atomic E-state index is 12.4. The van der Waals surface area contributed by atoms with E-state index in [0.29, 0.717) is 26.3 Å². The third-order valence-corrected chi connectivity index (χ3v) is 4.45. The topological polar surface area (TPSA) is 70.7 Å². The lowest BCUT2D eigenvalue weighted by molar-refractivity contribution is -0.128. The Morgan fingerprint density at radius 3 is 2.70 bits per heavy atom. The summed E-state index contributed by atoms with van der Waals surface area (Å²) < 4.78 is 5.77. The first kappa shape index (κ1) is 18.9. The van der Waals surface area contributed by atoms with Gasteiger partial charge in [-0.05, 0) is 36.6 Å². The Hall–Kier alpha value is -2.86. The van der Waals surface area contributed by atoms with Gasteiger partial charge in [0.1, 0.15) is 6.04 Å². The first-order valence-corrected chi connectivity index (χ1v) is 9.20. The molecule has 3 amide bonds. The molecule has 6 nitrogen and oxygen atoms in total. The van der Waals surface area contributed by atoms with E-state index in [2.05, 4.69) is 22.8 Å². The van der Waals surface area contributed by atoms with Crippen LogP contribution < -0.4 is 10.6 Å². The number of hydrogen-bond donors (Lipinski definition) is 2. The molecule has 27 heavy (non-hydrogen) atoms. The monoisotopic (exact) mass is 367 g/mol. The fourth-order valence-electron chi connectivity index (χ4n) is 3.00. The first-order valence-electron chi connectivity index (χ1n) is 9.20. The third-order valence-electron chi connectivity index (χ3n) is 4.45. The zero-order valence-electron chi connectivity index (χ0n) is 15.5. The van der Waals surface area contributed by atoms with E-state index in [-0.39, 0.29) is 11.9 Å². The number of imide groups is 1. The molecule has 1 saturated heterocycles. The van der Waals surface area contributed by atoms with E-state index in [9.17, 15) is 9.59 Å². The van der Waals surface area contributed by atoms with Crippen LogP contribution in [0.2, 0.25) is 0 Å². The minimum atomic E-state index is -0.483. The summed E-state index contributed by atoms with van der Waals surface area (Å²) in [5.41, 5.74) is 3.12. The summed E-state index contributed by atoms with van der Waals surface area (Å²) in [6.45, 7) is 3.85. The number of carbonyl (C=O) groups excluding carboxylic acids is 2. The van der Waals surface area contributed by atoms with Crippen molar-refractivity contribution in [2.24, 2.45) is 0 Å². The number of nitrogens with zero attached hydrogens (tertiary/aromatic N) is 1. The quantitative estimate of drug-likeness (QED) is 0.704. The molecule has 1 aliphatic heterocycles. The summed E-state index contributed by atoms with van der Waals surface area (Å²) in [6, 6.07) is 17.2. The van der Waals surface area contributed by atoms with Crippen LogP contribution in [0.1, 0.15) is 18.1 Å². The van der Waals surface area contributed by atoms with Crippen molar-refractivity contribution in [3.63, 3.8) is 0 Å². The number of ether oxygens (including phenoxy) is 1. The minimum Gasteiger partial charge on any atom is -0.376 e. The summed E-state index contributed by atoms with van der Waals surface area (Å²) in [5, 5.41) is 5.81. The molecule has 0 spiro atoms. The van der Waals surface area contributed by atoms with Crippen LogP contribution in [0.25, 0.3) is 0 Å². The molecule has 0 bridgehead atoms. The van der Waals surface area contributed by atoms with Crippen LogP contribution in [0.3, 0.4) is 0 Å². The van der Waals surface area contributed by atoms with E-state index < -0.39 is 6.04 Å². The molecule has 6 heteroatoms. The van der Waals surface area contributed by atoms with Gasteiger partial charge in [0.25, 0.3) is 5.91 Å². The number of anilines is 1. The largest absolute Gasteiger partial charge is 0.376 e. The van der Waals surface area contributed by atoms with E-state index >= 15 is 0 Å². The van der Waals surface area contributed by atoms with Gasteiger partial charge < -0.3 is 15.4 Å². The molecule has 0 saturated carbocycles. The first-order chi connectivity index (χ1) is 13.1.